The lowest BCUT2D eigenvalue weighted by atomic mass is 10.1. The maximum atomic E-state index is 12.6. The van der Waals surface area contributed by atoms with Crippen LogP contribution in [0.5, 0.6) is 17.2 Å². The molecule has 0 aliphatic rings. The van der Waals surface area contributed by atoms with Crippen LogP contribution in [-0.4, -0.2) is 49.3 Å². The summed E-state index contributed by atoms with van der Waals surface area (Å²) in [6, 6.07) is 16.4. The Morgan fingerprint density at radius 2 is 1.84 bits per heavy atom. The number of sulfone groups is 1. The molecule has 0 fully saturated rings. The molecule has 1 aromatic heterocycles. The van der Waals surface area contributed by atoms with Crippen LogP contribution < -0.4 is 19.5 Å². The topological polar surface area (TPSA) is 140 Å². The van der Waals surface area contributed by atoms with E-state index >= 15 is 0 Å². The maximum Gasteiger partial charge on any atom is 0.268 e. The molecule has 1 N–H and O–H groups in total. The third-order valence-corrected chi connectivity index (χ3v) is 7.03. The van der Waals surface area contributed by atoms with Crippen molar-refractivity contribution in [2.45, 2.75) is 25.4 Å². The minimum absolute atomic E-state index is 0.0202. The number of carbonyl (C=O) groups excluding carboxylic acids is 1. The van der Waals surface area contributed by atoms with Crippen LogP contribution in [0.4, 0.5) is 5.13 Å². The predicted molar refractivity (Wildman–Crippen MR) is 140 cm³/mol. The first-order valence-electron chi connectivity index (χ1n) is 11.4. The molecule has 3 aromatic rings. The fourth-order valence-corrected chi connectivity index (χ4v) is 4.53. The largest absolute Gasteiger partial charge is 0.493 e. The molecule has 0 spiro atoms. The molecule has 0 aliphatic heterocycles. The highest BCUT2D eigenvalue weighted by Gasteiger charge is 2.20. The second-order valence-electron chi connectivity index (χ2n) is 7.41. The van der Waals surface area contributed by atoms with Crippen molar-refractivity contribution in [3.8, 4) is 23.3 Å². The monoisotopic (exact) mass is 542 g/mol. The number of hydrogen-bond acceptors (Lipinski definition) is 10. The molecule has 2 aromatic carbocycles. The Morgan fingerprint density at radius 1 is 1.08 bits per heavy atom. The summed E-state index contributed by atoms with van der Waals surface area (Å²) in [5.74, 6) is 0.889. The SMILES string of the molecule is CCOc1cc(C=C(C#N)C(=O)Nc2nc(S(=O)(=O)CC)ns2)ccc1OCCCOc1ccccc1. The number of nitrogens with zero attached hydrogens (tertiary/aromatic N) is 3. The molecule has 0 aliphatic carbocycles. The van der Waals surface area contributed by atoms with Crippen molar-refractivity contribution >= 4 is 38.5 Å². The maximum absolute atomic E-state index is 12.6. The average Bonchev–Trinajstić information content (AvgIpc) is 3.38. The summed E-state index contributed by atoms with van der Waals surface area (Å²) < 4.78 is 44.7. The average molecular weight is 543 g/mol. The Kier molecular flexibility index (Phi) is 10.00. The van der Waals surface area contributed by atoms with Gasteiger partial charge in [0.2, 0.25) is 15.0 Å². The summed E-state index contributed by atoms with van der Waals surface area (Å²) >= 11 is 0.721. The number of para-hydroxylation sites is 1. The summed E-state index contributed by atoms with van der Waals surface area (Å²) in [4.78, 5) is 16.4. The second-order valence-corrected chi connectivity index (χ2v) is 10.3. The normalized spacial score (nSPS) is 11.4. The van der Waals surface area contributed by atoms with Gasteiger partial charge in [-0.15, -0.1) is 0 Å². The fourth-order valence-electron chi connectivity index (χ4n) is 2.95. The van der Waals surface area contributed by atoms with E-state index in [-0.39, 0.29) is 21.6 Å². The third kappa shape index (κ3) is 8.03. The van der Waals surface area contributed by atoms with E-state index in [0.29, 0.717) is 43.3 Å². The van der Waals surface area contributed by atoms with Gasteiger partial charge in [-0.05, 0) is 42.8 Å². The molecule has 0 radical (unpaired) electrons. The summed E-state index contributed by atoms with van der Waals surface area (Å²) in [6.45, 7) is 4.61. The number of anilines is 1. The molecule has 0 atom stereocenters. The van der Waals surface area contributed by atoms with Crippen LogP contribution in [0.25, 0.3) is 6.08 Å². The fraction of sp³-hybridized carbons (Fsp3) is 0.280. The number of benzene rings is 2. The van der Waals surface area contributed by atoms with Crippen molar-refractivity contribution in [3.05, 3.63) is 59.7 Å². The molecule has 194 valence electrons. The molecule has 0 bridgehead atoms. The lowest BCUT2D eigenvalue weighted by Gasteiger charge is -2.13. The van der Waals surface area contributed by atoms with Gasteiger partial charge in [0.05, 0.1) is 25.6 Å². The minimum Gasteiger partial charge on any atom is -0.493 e. The van der Waals surface area contributed by atoms with E-state index in [0.717, 1.165) is 17.3 Å². The number of ether oxygens (including phenoxy) is 3. The summed E-state index contributed by atoms with van der Waals surface area (Å²) in [7, 11) is -3.60. The van der Waals surface area contributed by atoms with E-state index in [2.05, 4.69) is 14.7 Å². The molecule has 0 saturated heterocycles. The van der Waals surface area contributed by atoms with Crippen molar-refractivity contribution < 1.29 is 27.4 Å². The lowest BCUT2D eigenvalue weighted by molar-refractivity contribution is -0.112. The number of hydrogen-bond donors (Lipinski definition) is 1. The van der Waals surface area contributed by atoms with Crippen LogP contribution in [0.1, 0.15) is 25.8 Å². The summed E-state index contributed by atoms with van der Waals surface area (Å²) in [6.07, 6.45) is 2.05. The van der Waals surface area contributed by atoms with Crippen LogP contribution >= 0.6 is 11.5 Å². The van der Waals surface area contributed by atoms with Crippen molar-refractivity contribution in [1.82, 2.24) is 9.36 Å². The van der Waals surface area contributed by atoms with E-state index < -0.39 is 15.7 Å². The molecule has 0 unspecified atom stereocenters. The van der Waals surface area contributed by atoms with Gasteiger partial charge in [0.1, 0.15) is 17.4 Å². The zero-order valence-electron chi connectivity index (χ0n) is 20.3. The van der Waals surface area contributed by atoms with Crippen molar-refractivity contribution in [3.63, 3.8) is 0 Å². The van der Waals surface area contributed by atoms with Gasteiger partial charge in [0.25, 0.3) is 11.1 Å². The molecule has 12 heteroatoms. The Labute approximate surface area is 219 Å². The first-order chi connectivity index (χ1) is 17.9. The van der Waals surface area contributed by atoms with Gasteiger partial charge in [-0.25, -0.2) is 8.42 Å². The number of amides is 1. The van der Waals surface area contributed by atoms with Gasteiger partial charge in [-0.3, -0.25) is 10.1 Å². The third-order valence-electron chi connectivity index (χ3n) is 4.79. The Hall–Kier alpha value is -3.95. The van der Waals surface area contributed by atoms with E-state index in [1.54, 1.807) is 18.2 Å². The van der Waals surface area contributed by atoms with E-state index in [9.17, 15) is 18.5 Å². The Balaban J connectivity index is 1.64. The van der Waals surface area contributed by atoms with Gasteiger partial charge in [-0.1, -0.05) is 31.2 Å². The predicted octanol–water partition coefficient (Wildman–Crippen LogP) is 4.12. The van der Waals surface area contributed by atoms with Crippen LogP contribution in [0.3, 0.4) is 0 Å². The molecule has 0 saturated carbocycles. The van der Waals surface area contributed by atoms with Gasteiger partial charge in [-0.2, -0.15) is 14.6 Å². The van der Waals surface area contributed by atoms with Crippen LogP contribution in [-0.2, 0) is 14.6 Å². The van der Waals surface area contributed by atoms with Gasteiger partial charge < -0.3 is 14.2 Å². The highest BCUT2D eigenvalue weighted by molar-refractivity contribution is 7.91. The van der Waals surface area contributed by atoms with Crippen LogP contribution in [0.15, 0.2) is 59.3 Å². The Bertz CT molecular complexity index is 1380. The summed E-state index contributed by atoms with van der Waals surface area (Å²) in [5.41, 5.74) is 0.339. The quantitative estimate of drug-likeness (QED) is 0.192. The highest BCUT2D eigenvalue weighted by Crippen LogP contribution is 2.30. The zero-order chi connectivity index (χ0) is 26.7. The molecule has 1 heterocycles. The highest BCUT2D eigenvalue weighted by atomic mass is 32.2. The van der Waals surface area contributed by atoms with Crippen LogP contribution in [0.2, 0.25) is 0 Å². The van der Waals surface area contributed by atoms with Crippen molar-refractivity contribution in [2.24, 2.45) is 0 Å². The molecular weight excluding hydrogens is 516 g/mol. The first-order valence-corrected chi connectivity index (χ1v) is 13.9. The molecular formula is C25H26N4O6S2. The molecule has 10 nitrogen and oxygen atoms in total. The van der Waals surface area contributed by atoms with Gasteiger partial charge in [0.15, 0.2) is 11.5 Å². The minimum atomic E-state index is -3.60. The molecule has 1 amide bonds. The second kappa shape index (κ2) is 13.4. The summed E-state index contributed by atoms with van der Waals surface area (Å²) in [5, 5.41) is 11.5. The van der Waals surface area contributed by atoms with Gasteiger partial charge >= 0.3 is 0 Å². The number of aromatic nitrogens is 2. The number of carbonyl (C=O) groups is 1. The lowest BCUT2D eigenvalue weighted by Crippen LogP contribution is -2.13. The van der Waals surface area contributed by atoms with E-state index in [1.807, 2.05) is 43.3 Å². The number of rotatable bonds is 13. The molecule has 3 rings (SSSR count). The first kappa shape index (κ1) is 27.6. The standard InChI is InChI=1S/C25H26N4O6S2/c1-3-33-22-16-18(11-12-21(22)35-14-8-13-34-20-9-6-5-7-10-20)15-19(17-26)23(30)27-24-28-25(29-36-24)37(31,32)4-2/h5-7,9-12,15-16H,3-4,8,13-14H2,1-2H3,(H,27,28,29,30). The number of nitrogens with one attached hydrogen (secondary N) is 1. The van der Waals surface area contributed by atoms with E-state index in [4.69, 9.17) is 14.2 Å². The van der Waals surface area contributed by atoms with Gasteiger partial charge in [0, 0.05) is 18.0 Å². The van der Waals surface area contributed by atoms with Crippen molar-refractivity contribution in [1.29, 1.82) is 5.26 Å². The smallest absolute Gasteiger partial charge is 0.268 e. The zero-order valence-corrected chi connectivity index (χ0v) is 22.0. The van der Waals surface area contributed by atoms with Crippen LogP contribution in [0, 0.1) is 11.3 Å². The Morgan fingerprint density at radius 3 is 2.54 bits per heavy atom. The van der Waals surface area contributed by atoms with Crippen molar-refractivity contribution in [2.75, 3.05) is 30.9 Å². The number of nitriles is 1. The molecule has 37 heavy (non-hydrogen) atoms. The van der Waals surface area contributed by atoms with E-state index in [1.165, 1.54) is 13.0 Å².